The lowest BCUT2D eigenvalue weighted by Crippen LogP contribution is -2.37. The Balaban J connectivity index is 2.64. The lowest BCUT2D eigenvalue weighted by atomic mass is 10.3. The zero-order valence-electron chi connectivity index (χ0n) is 9.99. The number of methoxy groups -OCH3 is 1. The van der Waals surface area contributed by atoms with Crippen molar-refractivity contribution in [3.05, 3.63) is 24.3 Å². The zero-order chi connectivity index (χ0) is 12.0. The standard InChI is InChI=1S/C12H18N2O2/c1-4-9-13-12(15)14(2)10-5-7-11(16-3)8-6-10/h5-8H,4,9H2,1-3H3,(H,13,15). The molecule has 0 bridgehead atoms. The van der Waals surface area contributed by atoms with E-state index in [1.165, 1.54) is 0 Å². The van der Waals surface area contributed by atoms with Crippen LogP contribution in [0.25, 0.3) is 0 Å². The van der Waals surface area contributed by atoms with E-state index in [1.807, 2.05) is 31.2 Å². The van der Waals surface area contributed by atoms with Crippen LogP contribution in [0.4, 0.5) is 10.5 Å². The molecule has 0 atom stereocenters. The molecule has 0 aliphatic rings. The molecule has 0 radical (unpaired) electrons. The molecule has 4 nitrogen and oxygen atoms in total. The van der Waals surface area contributed by atoms with Gasteiger partial charge in [0.25, 0.3) is 0 Å². The van der Waals surface area contributed by atoms with E-state index in [0.717, 1.165) is 17.9 Å². The Morgan fingerprint density at radius 2 is 2.00 bits per heavy atom. The van der Waals surface area contributed by atoms with E-state index in [4.69, 9.17) is 4.74 Å². The molecule has 88 valence electrons. The van der Waals surface area contributed by atoms with Gasteiger partial charge in [-0.05, 0) is 30.7 Å². The smallest absolute Gasteiger partial charge is 0.321 e. The number of hydrogen-bond donors (Lipinski definition) is 1. The van der Waals surface area contributed by atoms with Crippen LogP contribution in [-0.4, -0.2) is 26.7 Å². The quantitative estimate of drug-likeness (QED) is 0.849. The summed E-state index contributed by atoms with van der Waals surface area (Å²) in [4.78, 5) is 13.2. The van der Waals surface area contributed by atoms with E-state index in [1.54, 1.807) is 19.1 Å². The van der Waals surface area contributed by atoms with Gasteiger partial charge in [0, 0.05) is 19.3 Å². The lowest BCUT2D eigenvalue weighted by molar-refractivity contribution is 0.247. The molecule has 2 amide bonds. The van der Waals surface area contributed by atoms with Crippen molar-refractivity contribution >= 4 is 11.7 Å². The summed E-state index contributed by atoms with van der Waals surface area (Å²) in [6.07, 6.45) is 0.933. The maximum absolute atomic E-state index is 11.6. The second kappa shape index (κ2) is 6.00. The highest BCUT2D eigenvalue weighted by Gasteiger charge is 2.09. The molecule has 0 fully saturated rings. The third-order valence-electron chi connectivity index (χ3n) is 2.29. The largest absolute Gasteiger partial charge is 0.497 e. The number of nitrogens with one attached hydrogen (secondary N) is 1. The van der Waals surface area contributed by atoms with Crippen LogP contribution in [-0.2, 0) is 0 Å². The summed E-state index contributed by atoms with van der Waals surface area (Å²) in [7, 11) is 3.36. The topological polar surface area (TPSA) is 41.6 Å². The fourth-order valence-electron chi connectivity index (χ4n) is 1.27. The summed E-state index contributed by atoms with van der Waals surface area (Å²) in [6.45, 7) is 2.72. The number of anilines is 1. The van der Waals surface area contributed by atoms with Crippen LogP contribution in [0.5, 0.6) is 5.75 Å². The Kier molecular flexibility index (Phi) is 4.64. The molecule has 0 aromatic heterocycles. The second-order valence-corrected chi connectivity index (χ2v) is 3.49. The average Bonchev–Trinajstić information content (AvgIpc) is 2.35. The fraction of sp³-hybridized carbons (Fsp3) is 0.417. The first-order valence-corrected chi connectivity index (χ1v) is 5.34. The minimum Gasteiger partial charge on any atom is -0.497 e. The van der Waals surface area contributed by atoms with Gasteiger partial charge in [0.1, 0.15) is 5.75 Å². The second-order valence-electron chi connectivity index (χ2n) is 3.49. The van der Waals surface area contributed by atoms with Crippen molar-refractivity contribution in [1.82, 2.24) is 5.32 Å². The SMILES string of the molecule is CCCNC(=O)N(C)c1ccc(OC)cc1. The van der Waals surface area contributed by atoms with Gasteiger partial charge in [-0.2, -0.15) is 0 Å². The molecule has 0 saturated heterocycles. The first kappa shape index (κ1) is 12.4. The Morgan fingerprint density at radius 1 is 1.38 bits per heavy atom. The normalized spacial score (nSPS) is 9.69. The summed E-state index contributed by atoms with van der Waals surface area (Å²) in [5.74, 6) is 0.783. The summed E-state index contributed by atoms with van der Waals surface area (Å²) in [6, 6.07) is 7.28. The van der Waals surface area contributed by atoms with Crippen molar-refractivity contribution in [2.45, 2.75) is 13.3 Å². The Labute approximate surface area is 96.2 Å². The predicted octanol–water partition coefficient (Wildman–Crippen LogP) is 2.25. The van der Waals surface area contributed by atoms with E-state index in [9.17, 15) is 4.79 Å². The molecular weight excluding hydrogens is 204 g/mol. The molecule has 0 heterocycles. The molecule has 0 aliphatic heterocycles. The molecule has 1 rings (SSSR count). The number of nitrogens with zero attached hydrogens (tertiary/aromatic N) is 1. The van der Waals surface area contributed by atoms with Crippen molar-refractivity contribution in [2.75, 3.05) is 25.6 Å². The van der Waals surface area contributed by atoms with Crippen molar-refractivity contribution in [2.24, 2.45) is 0 Å². The van der Waals surface area contributed by atoms with E-state index in [2.05, 4.69) is 5.32 Å². The van der Waals surface area contributed by atoms with Gasteiger partial charge in [0.15, 0.2) is 0 Å². The first-order chi connectivity index (χ1) is 7.69. The van der Waals surface area contributed by atoms with Gasteiger partial charge in [0.2, 0.25) is 0 Å². The van der Waals surface area contributed by atoms with Crippen molar-refractivity contribution in [3.63, 3.8) is 0 Å². The highest BCUT2D eigenvalue weighted by atomic mass is 16.5. The number of benzene rings is 1. The molecule has 4 heteroatoms. The van der Waals surface area contributed by atoms with Gasteiger partial charge in [-0.15, -0.1) is 0 Å². The molecule has 1 N–H and O–H groups in total. The van der Waals surface area contributed by atoms with Crippen LogP contribution in [0, 0.1) is 0 Å². The minimum atomic E-state index is -0.0907. The highest BCUT2D eigenvalue weighted by Crippen LogP contribution is 2.17. The fourth-order valence-corrected chi connectivity index (χ4v) is 1.27. The molecule has 0 saturated carbocycles. The summed E-state index contributed by atoms with van der Waals surface area (Å²) in [5.41, 5.74) is 0.842. The number of carbonyl (C=O) groups is 1. The van der Waals surface area contributed by atoms with Gasteiger partial charge in [-0.1, -0.05) is 6.92 Å². The van der Waals surface area contributed by atoms with Crippen LogP contribution < -0.4 is 15.0 Å². The van der Waals surface area contributed by atoms with Gasteiger partial charge in [0.05, 0.1) is 7.11 Å². The van der Waals surface area contributed by atoms with Crippen LogP contribution in [0.3, 0.4) is 0 Å². The molecular formula is C12H18N2O2. The van der Waals surface area contributed by atoms with Gasteiger partial charge in [-0.3, -0.25) is 4.90 Å². The van der Waals surface area contributed by atoms with Crippen molar-refractivity contribution in [3.8, 4) is 5.75 Å². The zero-order valence-corrected chi connectivity index (χ0v) is 9.99. The maximum atomic E-state index is 11.6. The minimum absolute atomic E-state index is 0.0907. The summed E-state index contributed by atoms with van der Waals surface area (Å²) < 4.78 is 5.06. The van der Waals surface area contributed by atoms with Gasteiger partial charge < -0.3 is 10.1 Å². The summed E-state index contributed by atoms with van der Waals surface area (Å²) in [5, 5.41) is 2.81. The third-order valence-corrected chi connectivity index (χ3v) is 2.29. The van der Waals surface area contributed by atoms with E-state index >= 15 is 0 Å². The number of amides is 2. The van der Waals surface area contributed by atoms with Crippen LogP contribution in [0.15, 0.2) is 24.3 Å². The van der Waals surface area contributed by atoms with E-state index in [0.29, 0.717) is 6.54 Å². The lowest BCUT2D eigenvalue weighted by Gasteiger charge is -2.18. The Morgan fingerprint density at radius 3 is 2.50 bits per heavy atom. The maximum Gasteiger partial charge on any atom is 0.321 e. The van der Waals surface area contributed by atoms with Crippen LogP contribution >= 0.6 is 0 Å². The Bertz CT molecular complexity index is 335. The molecule has 16 heavy (non-hydrogen) atoms. The molecule has 1 aromatic rings. The molecule has 0 spiro atoms. The van der Waals surface area contributed by atoms with Crippen molar-refractivity contribution in [1.29, 1.82) is 0 Å². The van der Waals surface area contributed by atoms with Crippen LogP contribution in [0.1, 0.15) is 13.3 Å². The van der Waals surface area contributed by atoms with E-state index < -0.39 is 0 Å². The van der Waals surface area contributed by atoms with Gasteiger partial charge >= 0.3 is 6.03 Å². The van der Waals surface area contributed by atoms with E-state index in [-0.39, 0.29) is 6.03 Å². The third kappa shape index (κ3) is 3.15. The van der Waals surface area contributed by atoms with Crippen molar-refractivity contribution < 1.29 is 9.53 Å². The monoisotopic (exact) mass is 222 g/mol. The number of urea groups is 1. The number of carbonyl (C=O) groups excluding carboxylic acids is 1. The number of ether oxygens (including phenoxy) is 1. The number of hydrogen-bond acceptors (Lipinski definition) is 2. The molecule has 0 unspecified atom stereocenters. The highest BCUT2D eigenvalue weighted by molar-refractivity contribution is 5.91. The Hall–Kier alpha value is -1.71. The van der Waals surface area contributed by atoms with Crippen LogP contribution in [0.2, 0.25) is 0 Å². The average molecular weight is 222 g/mol. The summed E-state index contributed by atoms with van der Waals surface area (Å²) >= 11 is 0. The first-order valence-electron chi connectivity index (χ1n) is 5.34. The van der Waals surface area contributed by atoms with Gasteiger partial charge in [-0.25, -0.2) is 4.79 Å². The number of rotatable bonds is 4. The predicted molar refractivity (Wildman–Crippen MR) is 65.1 cm³/mol. The molecule has 0 aliphatic carbocycles. The molecule has 1 aromatic carbocycles.